The highest BCUT2D eigenvalue weighted by atomic mass is 19.1. The number of aromatic nitrogens is 3. The van der Waals surface area contributed by atoms with Gasteiger partial charge in [-0.15, -0.1) is 0 Å². The molecule has 2 aromatic heterocycles. The van der Waals surface area contributed by atoms with Crippen LogP contribution in [-0.4, -0.2) is 39.9 Å². The predicted molar refractivity (Wildman–Crippen MR) is 116 cm³/mol. The Kier molecular flexibility index (Phi) is 4.82. The average molecular weight is 430 g/mol. The molecule has 8 heteroatoms. The molecule has 0 N–H and O–H groups in total. The van der Waals surface area contributed by atoms with Crippen molar-refractivity contribution < 1.29 is 18.7 Å². The number of hydrogen-bond donors (Lipinski definition) is 0. The summed E-state index contributed by atoms with van der Waals surface area (Å²) in [6.07, 6.45) is 5.65. The number of rotatable bonds is 4. The van der Waals surface area contributed by atoms with Crippen LogP contribution in [0.4, 0.5) is 10.1 Å². The highest BCUT2D eigenvalue weighted by Gasteiger charge is 2.30. The van der Waals surface area contributed by atoms with Crippen molar-refractivity contribution in [3.8, 4) is 11.5 Å². The van der Waals surface area contributed by atoms with E-state index in [2.05, 4.69) is 5.10 Å². The molecule has 160 valence electrons. The Morgan fingerprint density at radius 1 is 1.03 bits per heavy atom. The molecule has 0 radical (unpaired) electrons. The van der Waals surface area contributed by atoms with Crippen LogP contribution >= 0.6 is 0 Å². The smallest absolute Gasteiger partial charge is 0.337 e. The first-order valence-corrected chi connectivity index (χ1v) is 10.1. The Morgan fingerprint density at radius 3 is 2.56 bits per heavy atom. The van der Waals surface area contributed by atoms with Crippen LogP contribution in [-0.2, 0) is 11.2 Å². The lowest BCUT2D eigenvalue weighted by Crippen LogP contribution is -2.29. The molecule has 0 fully saturated rings. The maximum atomic E-state index is 14.5. The first kappa shape index (κ1) is 19.7. The topological polar surface area (TPSA) is 69.4 Å². The third kappa shape index (κ3) is 3.17. The summed E-state index contributed by atoms with van der Waals surface area (Å²) in [7, 11) is 1.33. The number of halogens is 1. The minimum Gasteiger partial charge on any atom is -0.465 e. The van der Waals surface area contributed by atoms with Crippen LogP contribution in [0.5, 0.6) is 0 Å². The second-order valence-corrected chi connectivity index (χ2v) is 7.38. The Labute approximate surface area is 183 Å². The molecule has 0 unspecified atom stereocenters. The molecule has 32 heavy (non-hydrogen) atoms. The molecule has 0 saturated carbocycles. The van der Waals surface area contributed by atoms with Crippen LogP contribution < -0.4 is 4.90 Å². The van der Waals surface area contributed by atoms with Crippen molar-refractivity contribution in [1.29, 1.82) is 0 Å². The standard InChI is InChI=1S/C24H19FN4O3/c1-32-24(31)17-8-9-20-16(14-17)10-13-28(20)23(30)18-15-26-29(21-7-3-2-6-19(21)25)22(18)27-11-4-5-12-27/h2-9,11-12,14-15H,10,13H2,1H3. The number of carbonyl (C=O) groups excluding carboxylic acids is 2. The second kappa shape index (κ2) is 7.81. The van der Waals surface area contributed by atoms with Gasteiger partial charge in [0.15, 0.2) is 5.82 Å². The van der Waals surface area contributed by atoms with Gasteiger partial charge in [-0.25, -0.2) is 13.9 Å². The maximum absolute atomic E-state index is 14.5. The number of para-hydroxylation sites is 1. The molecule has 0 spiro atoms. The Hall–Kier alpha value is -4.20. The molecule has 0 aliphatic carbocycles. The van der Waals surface area contributed by atoms with Crippen LogP contribution in [0.1, 0.15) is 26.3 Å². The Bertz CT molecular complexity index is 1330. The monoisotopic (exact) mass is 430 g/mol. The van der Waals surface area contributed by atoms with E-state index in [9.17, 15) is 14.0 Å². The molecule has 0 atom stereocenters. The molecule has 7 nitrogen and oxygen atoms in total. The summed E-state index contributed by atoms with van der Waals surface area (Å²) in [6, 6.07) is 15.1. The van der Waals surface area contributed by atoms with Gasteiger partial charge in [-0.1, -0.05) is 12.1 Å². The van der Waals surface area contributed by atoms with Gasteiger partial charge in [0.1, 0.15) is 17.1 Å². The van der Waals surface area contributed by atoms with E-state index in [1.165, 1.54) is 24.1 Å². The van der Waals surface area contributed by atoms with Crippen LogP contribution in [0.25, 0.3) is 11.5 Å². The number of carbonyl (C=O) groups is 2. The van der Waals surface area contributed by atoms with E-state index in [0.29, 0.717) is 29.9 Å². The van der Waals surface area contributed by atoms with E-state index in [4.69, 9.17) is 4.74 Å². The Balaban J connectivity index is 1.58. The minimum absolute atomic E-state index is 0.249. The lowest BCUT2D eigenvalue weighted by molar-refractivity contribution is 0.0600. The van der Waals surface area contributed by atoms with E-state index in [-0.39, 0.29) is 11.6 Å². The molecule has 1 amide bonds. The number of benzene rings is 2. The van der Waals surface area contributed by atoms with Crippen molar-refractivity contribution >= 4 is 17.6 Å². The molecule has 3 heterocycles. The van der Waals surface area contributed by atoms with Crippen LogP contribution in [0.15, 0.2) is 73.2 Å². The fourth-order valence-electron chi connectivity index (χ4n) is 4.02. The van der Waals surface area contributed by atoms with Crippen molar-refractivity contribution in [2.24, 2.45) is 0 Å². The van der Waals surface area contributed by atoms with Crippen molar-refractivity contribution in [3.05, 3.63) is 95.7 Å². The third-order valence-corrected chi connectivity index (χ3v) is 5.55. The van der Waals surface area contributed by atoms with Gasteiger partial charge in [-0.05, 0) is 54.4 Å². The number of esters is 1. The fourth-order valence-corrected chi connectivity index (χ4v) is 4.02. The normalized spacial score (nSPS) is 12.6. The van der Waals surface area contributed by atoms with Crippen molar-refractivity contribution in [1.82, 2.24) is 14.3 Å². The number of methoxy groups -OCH3 is 1. The van der Waals surface area contributed by atoms with E-state index in [0.717, 1.165) is 11.3 Å². The number of nitrogens with zero attached hydrogens (tertiary/aromatic N) is 4. The van der Waals surface area contributed by atoms with Gasteiger partial charge in [-0.3, -0.25) is 4.79 Å². The molecule has 5 rings (SSSR count). The highest BCUT2D eigenvalue weighted by Crippen LogP contribution is 2.32. The van der Waals surface area contributed by atoms with Gasteiger partial charge in [-0.2, -0.15) is 5.10 Å². The predicted octanol–water partition coefficient (Wildman–Crippen LogP) is 3.79. The lowest BCUT2D eigenvalue weighted by atomic mass is 10.1. The average Bonchev–Trinajstić information content (AvgIpc) is 3.57. The fraction of sp³-hybridized carbons (Fsp3) is 0.125. The summed E-state index contributed by atoms with van der Waals surface area (Å²) < 4.78 is 22.5. The summed E-state index contributed by atoms with van der Waals surface area (Å²) in [4.78, 5) is 27.1. The molecular weight excluding hydrogens is 411 g/mol. The molecule has 0 bridgehead atoms. The van der Waals surface area contributed by atoms with Gasteiger partial charge in [0.05, 0.1) is 18.9 Å². The number of anilines is 1. The molecule has 1 aliphatic rings. The van der Waals surface area contributed by atoms with Crippen molar-refractivity contribution in [3.63, 3.8) is 0 Å². The molecular formula is C24H19FN4O3. The van der Waals surface area contributed by atoms with Crippen LogP contribution in [0.3, 0.4) is 0 Å². The van der Waals surface area contributed by atoms with E-state index >= 15 is 0 Å². The van der Waals surface area contributed by atoms with Crippen molar-refractivity contribution in [2.75, 3.05) is 18.6 Å². The molecule has 1 aliphatic heterocycles. The van der Waals surface area contributed by atoms with Crippen LogP contribution in [0, 0.1) is 5.82 Å². The van der Waals surface area contributed by atoms with Gasteiger partial charge in [0, 0.05) is 24.6 Å². The largest absolute Gasteiger partial charge is 0.465 e. The molecule has 4 aromatic rings. The molecule has 0 saturated heterocycles. The summed E-state index contributed by atoms with van der Waals surface area (Å²) in [5.74, 6) is -0.658. The number of amides is 1. The first-order valence-electron chi connectivity index (χ1n) is 10.1. The quantitative estimate of drug-likeness (QED) is 0.462. The second-order valence-electron chi connectivity index (χ2n) is 7.38. The lowest BCUT2D eigenvalue weighted by Gasteiger charge is -2.18. The third-order valence-electron chi connectivity index (χ3n) is 5.55. The minimum atomic E-state index is -0.440. The number of fused-ring (bicyclic) bond motifs is 1. The zero-order valence-electron chi connectivity index (χ0n) is 17.2. The zero-order chi connectivity index (χ0) is 22.2. The van der Waals surface area contributed by atoms with Gasteiger partial charge < -0.3 is 14.2 Å². The van der Waals surface area contributed by atoms with Gasteiger partial charge >= 0.3 is 5.97 Å². The maximum Gasteiger partial charge on any atom is 0.337 e. The molecule has 2 aromatic carbocycles. The number of hydrogen-bond acceptors (Lipinski definition) is 4. The van der Waals surface area contributed by atoms with Gasteiger partial charge in [0.25, 0.3) is 5.91 Å². The van der Waals surface area contributed by atoms with E-state index in [1.807, 2.05) is 12.1 Å². The number of ether oxygens (including phenoxy) is 1. The SMILES string of the molecule is COC(=O)c1ccc2c(c1)CCN2C(=O)c1cnn(-c2ccccc2F)c1-n1cccc1. The van der Waals surface area contributed by atoms with Crippen molar-refractivity contribution in [2.45, 2.75) is 6.42 Å². The highest BCUT2D eigenvalue weighted by molar-refractivity contribution is 6.09. The summed E-state index contributed by atoms with van der Waals surface area (Å²) in [6.45, 7) is 0.467. The van der Waals surface area contributed by atoms with E-state index in [1.54, 1.807) is 58.3 Å². The van der Waals surface area contributed by atoms with Crippen LogP contribution in [0.2, 0.25) is 0 Å². The Morgan fingerprint density at radius 2 is 1.81 bits per heavy atom. The zero-order valence-corrected chi connectivity index (χ0v) is 17.2. The summed E-state index contributed by atoms with van der Waals surface area (Å²) in [5, 5.41) is 4.35. The summed E-state index contributed by atoms with van der Waals surface area (Å²) >= 11 is 0. The van der Waals surface area contributed by atoms with Gasteiger partial charge in [0.2, 0.25) is 0 Å². The summed E-state index contributed by atoms with van der Waals surface area (Å²) in [5.41, 5.74) is 2.67. The first-order chi connectivity index (χ1) is 15.6. The van der Waals surface area contributed by atoms with E-state index < -0.39 is 11.8 Å².